The van der Waals surface area contributed by atoms with Crippen molar-refractivity contribution in [2.24, 2.45) is 0 Å². The molecule has 0 saturated carbocycles. The second-order valence-electron chi connectivity index (χ2n) is 5.11. The third-order valence-corrected chi connectivity index (χ3v) is 4.67. The summed E-state index contributed by atoms with van der Waals surface area (Å²) in [5.41, 5.74) is 1.05. The first-order valence-electron chi connectivity index (χ1n) is 7.40. The molecule has 0 bridgehead atoms. The SMILES string of the molecule is COc1ccc(SCCC(=O)NC(C)c2ccc(Cl)cc2)cc1. The summed E-state index contributed by atoms with van der Waals surface area (Å²) in [6, 6.07) is 15.3. The van der Waals surface area contributed by atoms with Crippen molar-refractivity contribution < 1.29 is 9.53 Å². The summed E-state index contributed by atoms with van der Waals surface area (Å²) < 4.78 is 5.12. The van der Waals surface area contributed by atoms with Crippen molar-refractivity contribution in [3.05, 3.63) is 59.1 Å². The van der Waals surface area contributed by atoms with Crippen molar-refractivity contribution in [3.63, 3.8) is 0 Å². The molecule has 3 nitrogen and oxygen atoms in total. The second-order valence-corrected chi connectivity index (χ2v) is 6.72. The molecule has 0 fully saturated rings. The van der Waals surface area contributed by atoms with Gasteiger partial charge in [-0.15, -0.1) is 11.8 Å². The molecule has 0 aliphatic carbocycles. The first-order chi connectivity index (χ1) is 11.1. The number of hydrogen-bond acceptors (Lipinski definition) is 3. The average molecular weight is 350 g/mol. The quantitative estimate of drug-likeness (QED) is 0.736. The van der Waals surface area contributed by atoms with E-state index in [1.807, 2.05) is 55.5 Å². The maximum atomic E-state index is 12.0. The number of carbonyl (C=O) groups excluding carboxylic acids is 1. The minimum absolute atomic E-state index is 0.0225. The summed E-state index contributed by atoms with van der Waals surface area (Å²) >= 11 is 7.53. The monoisotopic (exact) mass is 349 g/mol. The summed E-state index contributed by atoms with van der Waals surface area (Å²) in [4.78, 5) is 13.1. The average Bonchev–Trinajstić information content (AvgIpc) is 2.56. The lowest BCUT2D eigenvalue weighted by atomic mass is 10.1. The van der Waals surface area contributed by atoms with Crippen LogP contribution in [-0.4, -0.2) is 18.8 Å². The van der Waals surface area contributed by atoms with Gasteiger partial charge in [0.05, 0.1) is 13.2 Å². The highest BCUT2D eigenvalue weighted by Gasteiger charge is 2.09. The minimum atomic E-state index is -0.0225. The van der Waals surface area contributed by atoms with Gasteiger partial charge in [-0.05, 0) is 48.9 Å². The van der Waals surface area contributed by atoms with Gasteiger partial charge >= 0.3 is 0 Å². The number of hydrogen-bond donors (Lipinski definition) is 1. The molecule has 0 spiro atoms. The van der Waals surface area contributed by atoms with Gasteiger partial charge in [-0.3, -0.25) is 4.79 Å². The molecule has 2 rings (SSSR count). The summed E-state index contributed by atoms with van der Waals surface area (Å²) in [6.07, 6.45) is 0.481. The maximum Gasteiger partial charge on any atom is 0.221 e. The molecule has 2 aromatic rings. The maximum absolute atomic E-state index is 12.0. The Labute approximate surface area is 146 Å². The van der Waals surface area contributed by atoms with Gasteiger partial charge in [0.1, 0.15) is 5.75 Å². The van der Waals surface area contributed by atoms with Crippen LogP contribution in [0.3, 0.4) is 0 Å². The summed E-state index contributed by atoms with van der Waals surface area (Å²) in [7, 11) is 1.65. The highest BCUT2D eigenvalue weighted by atomic mass is 35.5. The Morgan fingerprint density at radius 3 is 2.43 bits per heavy atom. The molecule has 0 saturated heterocycles. The van der Waals surface area contributed by atoms with Gasteiger partial charge in [-0.1, -0.05) is 23.7 Å². The standard InChI is InChI=1S/C18H20ClNO2S/c1-13(14-3-5-15(19)6-4-14)20-18(21)11-12-23-17-9-7-16(22-2)8-10-17/h3-10,13H,11-12H2,1-2H3,(H,20,21). The lowest BCUT2D eigenvalue weighted by Crippen LogP contribution is -2.26. The second kappa shape index (κ2) is 8.85. The van der Waals surface area contributed by atoms with E-state index in [1.165, 1.54) is 0 Å². The number of nitrogens with one attached hydrogen (secondary N) is 1. The summed E-state index contributed by atoms with van der Waals surface area (Å²) in [5.74, 6) is 1.63. The van der Waals surface area contributed by atoms with E-state index >= 15 is 0 Å². The summed E-state index contributed by atoms with van der Waals surface area (Å²) in [5, 5.41) is 3.70. The topological polar surface area (TPSA) is 38.3 Å². The largest absolute Gasteiger partial charge is 0.497 e. The van der Waals surface area contributed by atoms with E-state index in [0.717, 1.165) is 22.0 Å². The van der Waals surface area contributed by atoms with Gasteiger partial charge in [0.2, 0.25) is 5.91 Å². The highest BCUT2D eigenvalue weighted by Crippen LogP contribution is 2.22. The number of ether oxygens (including phenoxy) is 1. The smallest absolute Gasteiger partial charge is 0.221 e. The van der Waals surface area contributed by atoms with E-state index < -0.39 is 0 Å². The van der Waals surface area contributed by atoms with E-state index in [4.69, 9.17) is 16.3 Å². The van der Waals surface area contributed by atoms with Crippen molar-refractivity contribution in [2.45, 2.75) is 24.3 Å². The van der Waals surface area contributed by atoms with E-state index in [0.29, 0.717) is 11.4 Å². The van der Waals surface area contributed by atoms with E-state index in [1.54, 1.807) is 18.9 Å². The molecule has 122 valence electrons. The van der Waals surface area contributed by atoms with Crippen molar-refractivity contribution in [1.29, 1.82) is 0 Å². The number of halogens is 1. The predicted octanol–water partition coefficient (Wildman–Crippen LogP) is 4.71. The molecule has 1 amide bonds. The fourth-order valence-corrected chi connectivity index (χ4v) is 3.06. The molecule has 23 heavy (non-hydrogen) atoms. The van der Waals surface area contributed by atoms with Crippen LogP contribution in [0.1, 0.15) is 24.9 Å². The zero-order valence-corrected chi connectivity index (χ0v) is 14.8. The van der Waals surface area contributed by atoms with Crippen LogP contribution in [-0.2, 0) is 4.79 Å². The van der Waals surface area contributed by atoms with Gasteiger partial charge < -0.3 is 10.1 Å². The van der Waals surface area contributed by atoms with Crippen LogP contribution < -0.4 is 10.1 Å². The van der Waals surface area contributed by atoms with E-state index in [9.17, 15) is 4.79 Å². The van der Waals surface area contributed by atoms with Gasteiger partial charge in [-0.25, -0.2) is 0 Å². The fourth-order valence-electron chi connectivity index (χ4n) is 2.08. The number of benzene rings is 2. The molecule has 0 aromatic heterocycles. The normalized spacial score (nSPS) is 11.8. The molecule has 1 atom stereocenters. The van der Waals surface area contributed by atoms with Crippen molar-refractivity contribution >= 4 is 29.3 Å². The lowest BCUT2D eigenvalue weighted by molar-refractivity contribution is -0.121. The van der Waals surface area contributed by atoms with Crippen LogP contribution in [0.2, 0.25) is 5.02 Å². The zero-order valence-electron chi connectivity index (χ0n) is 13.2. The molecule has 0 aliphatic heterocycles. The van der Waals surface area contributed by atoms with Crippen LogP contribution in [0.5, 0.6) is 5.75 Å². The van der Waals surface area contributed by atoms with Gasteiger partial charge in [0.15, 0.2) is 0 Å². The van der Waals surface area contributed by atoms with Crippen LogP contribution in [0.15, 0.2) is 53.4 Å². The van der Waals surface area contributed by atoms with E-state index in [2.05, 4.69) is 5.32 Å². The first kappa shape index (κ1) is 17.7. The lowest BCUT2D eigenvalue weighted by Gasteiger charge is -2.14. The molecule has 0 aliphatic rings. The Bertz CT molecular complexity index is 628. The van der Waals surface area contributed by atoms with Gasteiger partial charge in [0.25, 0.3) is 0 Å². The number of thioether (sulfide) groups is 1. The van der Waals surface area contributed by atoms with Crippen molar-refractivity contribution in [3.8, 4) is 5.75 Å². The molecule has 0 heterocycles. The molecule has 1 N–H and O–H groups in total. The third kappa shape index (κ3) is 5.81. The number of carbonyl (C=O) groups is 1. The van der Waals surface area contributed by atoms with Crippen LogP contribution in [0, 0.1) is 0 Å². The van der Waals surface area contributed by atoms with Crippen LogP contribution in [0.25, 0.3) is 0 Å². The van der Waals surface area contributed by atoms with Crippen molar-refractivity contribution in [2.75, 3.05) is 12.9 Å². The van der Waals surface area contributed by atoms with Crippen LogP contribution in [0.4, 0.5) is 0 Å². The third-order valence-electron chi connectivity index (χ3n) is 3.40. The molecule has 1 unspecified atom stereocenters. The first-order valence-corrected chi connectivity index (χ1v) is 8.76. The molecular formula is C18H20ClNO2S. The Morgan fingerprint density at radius 1 is 1.17 bits per heavy atom. The predicted molar refractivity (Wildman–Crippen MR) is 96.3 cm³/mol. The zero-order chi connectivity index (χ0) is 16.7. The Morgan fingerprint density at radius 2 is 1.83 bits per heavy atom. The van der Waals surface area contributed by atoms with Crippen molar-refractivity contribution in [1.82, 2.24) is 5.32 Å². The fraction of sp³-hybridized carbons (Fsp3) is 0.278. The summed E-state index contributed by atoms with van der Waals surface area (Å²) in [6.45, 7) is 1.97. The Balaban J connectivity index is 1.74. The molecule has 0 radical (unpaired) electrons. The minimum Gasteiger partial charge on any atom is -0.497 e. The number of methoxy groups -OCH3 is 1. The number of amides is 1. The van der Waals surface area contributed by atoms with Gasteiger partial charge in [-0.2, -0.15) is 0 Å². The molecular weight excluding hydrogens is 330 g/mol. The highest BCUT2D eigenvalue weighted by molar-refractivity contribution is 7.99. The molecule has 2 aromatic carbocycles. The number of rotatable bonds is 7. The Hall–Kier alpha value is -1.65. The van der Waals surface area contributed by atoms with Gasteiger partial charge in [0, 0.05) is 22.1 Å². The van der Waals surface area contributed by atoms with Crippen LogP contribution >= 0.6 is 23.4 Å². The molecule has 5 heteroatoms. The van der Waals surface area contributed by atoms with E-state index in [-0.39, 0.29) is 11.9 Å². The Kier molecular flexibility index (Phi) is 6.81.